The molecule has 166 valence electrons. The quantitative estimate of drug-likeness (QED) is 0.444. The first-order valence-electron chi connectivity index (χ1n) is 11.9. The molecular weight excluding hydrogens is 422 g/mol. The SMILES string of the molecule is C=C(Cc1ncccc1C(=O)C1C=c2c(ccc3c2=CCc2ccccc2-3)CC1)SCCC. The number of aryl methyl sites for hydroxylation is 1. The minimum absolute atomic E-state index is 0.117. The fraction of sp³-hybridized carbons (Fsp3) is 0.267. The average molecular weight is 452 g/mol. The molecule has 0 radical (unpaired) electrons. The summed E-state index contributed by atoms with van der Waals surface area (Å²) in [6, 6.07) is 17.0. The van der Waals surface area contributed by atoms with Crippen LogP contribution in [0.1, 0.15) is 46.9 Å². The second-order valence-corrected chi connectivity index (χ2v) is 10.2. The Morgan fingerprint density at radius 1 is 1.06 bits per heavy atom. The Morgan fingerprint density at radius 2 is 1.94 bits per heavy atom. The van der Waals surface area contributed by atoms with Crippen LogP contribution >= 0.6 is 11.8 Å². The first-order chi connectivity index (χ1) is 16.2. The second kappa shape index (κ2) is 9.52. The molecule has 0 amide bonds. The fourth-order valence-corrected chi connectivity index (χ4v) is 5.75. The van der Waals surface area contributed by atoms with Gasteiger partial charge in [-0.15, -0.1) is 11.8 Å². The van der Waals surface area contributed by atoms with Crippen molar-refractivity contribution < 1.29 is 4.79 Å². The predicted molar refractivity (Wildman–Crippen MR) is 140 cm³/mol. The van der Waals surface area contributed by atoms with Crippen LogP contribution in [-0.2, 0) is 19.3 Å². The van der Waals surface area contributed by atoms with Gasteiger partial charge in [-0.25, -0.2) is 0 Å². The van der Waals surface area contributed by atoms with E-state index in [0.717, 1.165) is 47.6 Å². The van der Waals surface area contributed by atoms with Gasteiger partial charge in [0.1, 0.15) is 0 Å². The minimum atomic E-state index is -0.117. The van der Waals surface area contributed by atoms with E-state index < -0.39 is 0 Å². The molecule has 0 fully saturated rings. The molecular formula is C30H29NOS. The summed E-state index contributed by atoms with van der Waals surface area (Å²) >= 11 is 1.77. The minimum Gasteiger partial charge on any atom is -0.293 e. The van der Waals surface area contributed by atoms with E-state index in [9.17, 15) is 4.79 Å². The molecule has 1 aromatic heterocycles. The summed E-state index contributed by atoms with van der Waals surface area (Å²) in [7, 11) is 0. The van der Waals surface area contributed by atoms with E-state index in [1.165, 1.54) is 32.7 Å². The monoisotopic (exact) mass is 451 g/mol. The van der Waals surface area contributed by atoms with Crippen LogP contribution in [-0.4, -0.2) is 16.5 Å². The van der Waals surface area contributed by atoms with Gasteiger partial charge in [0.25, 0.3) is 0 Å². The van der Waals surface area contributed by atoms with Crippen LogP contribution in [0.4, 0.5) is 0 Å². The molecule has 3 aromatic rings. The van der Waals surface area contributed by atoms with Gasteiger partial charge in [-0.2, -0.15) is 0 Å². The molecule has 0 bridgehead atoms. The van der Waals surface area contributed by atoms with Crippen molar-refractivity contribution in [1.29, 1.82) is 0 Å². The first-order valence-corrected chi connectivity index (χ1v) is 12.8. The molecule has 2 aliphatic rings. The molecule has 0 saturated carbocycles. The highest BCUT2D eigenvalue weighted by Gasteiger charge is 2.25. The summed E-state index contributed by atoms with van der Waals surface area (Å²) in [4.78, 5) is 19.3. The number of rotatable bonds is 7. The molecule has 5 rings (SSSR count). The third-order valence-electron chi connectivity index (χ3n) is 6.67. The molecule has 33 heavy (non-hydrogen) atoms. The van der Waals surface area contributed by atoms with Gasteiger partial charge in [-0.1, -0.05) is 62.1 Å². The Balaban J connectivity index is 1.50. The van der Waals surface area contributed by atoms with Gasteiger partial charge in [0, 0.05) is 24.1 Å². The normalized spacial score (nSPS) is 16.0. The molecule has 1 unspecified atom stereocenters. The largest absolute Gasteiger partial charge is 0.293 e. The summed E-state index contributed by atoms with van der Waals surface area (Å²) in [5.74, 6) is 1.12. The summed E-state index contributed by atoms with van der Waals surface area (Å²) < 4.78 is 0. The van der Waals surface area contributed by atoms with Crippen LogP contribution < -0.4 is 10.4 Å². The number of pyridine rings is 1. The van der Waals surface area contributed by atoms with Gasteiger partial charge in [-0.3, -0.25) is 9.78 Å². The van der Waals surface area contributed by atoms with E-state index >= 15 is 0 Å². The van der Waals surface area contributed by atoms with Gasteiger partial charge in [-0.05, 0) is 81.2 Å². The number of Topliss-reactive ketones (excluding diaryl/α,β-unsaturated/α-hetero) is 1. The van der Waals surface area contributed by atoms with Crippen molar-refractivity contribution in [3.05, 3.63) is 99.0 Å². The van der Waals surface area contributed by atoms with Crippen LogP contribution in [0.25, 0.3) is 23.3 Å². The Morgan fingerprint density at radius 3 is 2.82 bits per heavy atom. The molecule has 0 spiro atoms. The lowest BCUT2D eigenvalue weighted by atomic mass is 9.82. The Kier molecular flexibility index (Phi) is 6.32. The van der Waals surface area contributed by atoms with Crippen molar-refractivity contribution in [1.82, 2.24) is 4.98 Å². The lowest BCUT2D eigenvalue weighted by Gasteiger charge is -2.22. The van der Waals surface area contributed by atoms with Crippen LogP contribution in [0.15, 0.2) is 66.2 Å². The van der Waals surface area contributed by atoms with E-state index in [4.69, 9.17) is 0 Å². The standard InChI is InChI=1S/C30H29NOS/c1-3-17-33-20(2)18-29-27(9-6-16-31-29)30(32)23-11-10-22-13-14-25-24-8-5-4-7-21(24)12-15-26(25)28(22)19-23/h4-9,13-16,19,23H,2-3,10-12,17-18H2,1H3. The van der Waals surface area contributed by atoms with Crippen molar-refractivity contribution in [3.8, 4) is 11.1 Å². The van der Waals surface area contributed by atoms with Crippen LogP contribution in [0, 0.1) is 5.92 Å². The maximum atomic E-state index is 13.7. The molecule has 2 aromatic carbocycles. The van der Waals surface area contributed by atoms with Crippen molar-refractivity contribution in [2.45, 2.75) is 39.0 Å². The van der Waals surface area contributed by atoms with Gasteiger partial charge in [0.2, 0.25) is 0 Å². The van der Waals surface area contributed by atoms with Crippen LogP contribution in [0.5, 0.6) is 0 Å². The maximum absolute atomic E-state index is 13.7. The number of carbonyl (C=O) groups excluding carboxylic acids is 1. The number of nitrogens with zero attached hydrogens (tertiary/aromatic N) is 1. The molecule has 0 N–H and O–H groups in total. The molecule has 2 nitrogen and oxygen atoms in total. The number of benzene rings is 2. The highest BCUT2D eigenvalue weighted by atomic mass is 32.2. The average Bonchev–Trinajstić information content (AvgIpc) is 2.86. The molecule has 0 saturated heterocycles. The summed E-state index contributed by atoms with van der Waals surface area (Å²) in [5.41, 5.74) is 6.92. The number of fused-ring (bicyclic) bond motifs is 5. The first kappa shape index (κ1) is 21.9. The number of carbonyl (C=O) groups is 1. The van der Waals surface area contributed by atoms with Gasteiger partial charge < -0.3 is 0 Å². The van der Waals surface area contributed by atoms with Crippen LogP contribution in [0.2, 0.25) is 0 Å². The number of allylic oxidation sites excluding steroid dienone is 1. The maximum Gasteiger partial charge on any atom is 0.171 e. The molecule has 1 heterocycles. The van der Waals surface area contributed by atoms with Crippen LogP contribution in [0.3, 0.4) is 0 Å². The Bertz CT molecular complexity index is 1350. The third kappa shape index (κ3) is 4.35. The Hall–Kier alpha value is -2.91. The zero-order valence-corrected chi connectivity index (χ0v) is 20.0. The molecule has 3 heteroatoms. The summed E-state index contributed by atoms with van der Waals surface area (Å²) in [6.45, 7) is 6.36. The lowest BCUT2D eigenvalue weighted by molar-refractivity contribution is 0.0945. The third-order valence-corrected chi connectivity index (χ3v) is 7.84. The number of aromatic nitrogens is 1. The highest BCUT2D eigenvalue weighted by molar-refractivity contribution is 8.03. The van der Waals surface area contributed by atoms with E-state index in [-0.39, 0.29) is 11.7 Å². The van der Waals surface area contributed by atoms with Crippen molar-refractivity contribution in [2.24, 2.45) is 5.92 Å². The summed E-state index contributed by atoms with van der Waals surface area (Å²) in [6.07, 6.45) is 10.8. The Labute approximate surface area is 200 Å². The van der Waals surface area contributed by atoms with E-state index in [2.05, 4.69) is 67.0 Å². The topological polar surface area (TPSA) is 30.0 Å². The van der Waals surface area contributed by atoms with E-state index in [1.54, 1.807) is 18.0 Å². The number of thioether (sulfide) groups is 1. The predicted octanol–water partition coefficient (Wildman–Crippen LogP) is 5.51. The summed E-state index contributed by atoms with van der Waals surface area (Å²) in [5, 5.41) is 2.54. The van der Waals surface area contributed by atoms with Crippen molar-refractivity contribution >= 4 is 29.7 Å². The second-order valence-electron chi connectivity index (χ2n) is 8.90. The van der Waals surface area contributed by atoms with Gasteiger partial charge >= 0.3 is 0 Å². The van der Waals surface area contributed by atoms with Gasteiger partial charge in [0.05, 0.1) is 5.69 Å². The van der Waals surface area contributed by atoms with Crippen molar-refractivity contribution in [2.75, 3.05) is 5.75 Å². The van der Waals surface area contributed by atoms with Gasteiger partial charge in [0.15, 0.2) is 5.78 Å². The smallest absolute Gasteiger partial charge is 0.171 e. The molecule has 2 aliphatic carbocycles. The van der Waals surface area contributed by atoms with E-state index in [0.29, 0.717) is 6.42 Å². The van der Waals surface area contributed by atoms with E-state index in [1.807, 2.05) is 12.1 Å². The lowest BCUT2D eigenvalue weighted by Crippen LogP contribution is -2.37. The fourth-order valence-electron chi connectivity index (χ4n) is 5.01. The number of hydrogen-bond acceptors (Lipinski definition) is 3. The highest BCUT2D eigenvalue weighted by Crippen LogP contribution is 2.27. The number of ketones is 1. The molecule has 0 aliphatic heterocycles. The molecule has 1 atom stereocenters. The number of hydrogen-bond donors (Lipinski definition) is 0. The zero-order valence-electron chi connectivity index (χ0n) is 19.1. The zero-order chi connectivity index (χ0) is 22.8. The van der Waals surface area contributed by atoms with Crippen molar-refractivity contribution in [3.63, 3.8) is 0 Å².